The largest absolute Gasteiger partial charge is 0.348 e. The number of hydrogen-bond acceptors (Lipinski definition) is 3. The first-order valence-electron chi connectivity index (χ1n) is 9.02. The Kier molecular flexibility index (Phi) is 5.92. The van der Waals surface area contributed by atoms with Crippen LogP contribution >= 0.6 is 0 Å². The van der Waals surface area contributed by atoms with Gasteiger partial charge in [-0.15, -0.1) is 0 Å². The molecule has 27 heavy (non-hydrogen) atoms. The summed E-state index contributed by atoms with van der Waals surface area (Å²) in [5.74, 6) is -0.639. The van der Waals surface area contributed by atoms with E-state index in [9.17, 15) is 17.6 Å². The Hall–Kier alpha value is -2.25. The predicted octanol–water partition coefficient (Wildman–Crippen LogP) is 3.32. The summed E-state index contributed by atoms with van der Waals surface area (Å²) >= 11 is 0. The molecule has 3 rings (SSSR count). The van der Waals surface area contributed by atoms with Gasteiger partial charge in [0.2, 0.25) is 10.0 Å². The molecule has 0 bridgehead atoms. The molecule has 1 fully saturated rings. The van der Waals surface area contributed by atoms with Gasteiger partial charge in [-0.25, -0.2) is 12.8 Å². The van der Waals surface area contributed by atoms with Crippen LogP contribution in [-0.2, 0) is 16.6 Å². The van der Waals surface area contributed by atoms with Crippen LogP contribution in [0, 0.1) is 5.82 Å². The molecule has 0 spiro atoms. The van der Waals surface area contributed by atoms with E-state index in [1.165, 1.54) is 36.4 Å². The normalized spacial score (nSPS) is 18.2. The van der Waals surface area contributed by atoms with Crippen LogP contribution < -0.4 is 5.32 Å². The number of rotatable bonds is 5. The lowest BCUT2D eigenvalue weighted by atomic mass is 10.1. The molecular weight excluding hydrogens is 367 g/mol. The number of halogens is 1. The zero-order valence-electron chi connectivity index (χ0n) is 15.2. The van der Waals surface area contributed by atoms with E-state index in [1.54, 1.807) is 16.4 Å². The zero-order chi connectivity index (χ0) is 19.4. The maximum Gasteiger partial charge on any atom is 0.251 e. The second kappa shape index (κ2) is 8.19. The molecule has 0 aliphatic carbocycles. The Morgan fingerprint density at radius 2 is 1.78 bits per heavy atom. The molecule has 1 amide bonds. The monoisotopic (exact) mass is 390 g/mol. The van der Waals surface area contributed by atoms with Gasteiger partial charge in [-0.05, 0) is 61.7 Å². The number of nitrogens with one attached hydrogen (secondary N) is 1. The highest BCUT2D eigenvalue weighted by Gasteiger charge is 2.30. The van der Waals surface area contributed by atoms with Crippen LogP contribution in [0.3, 0.4) is 0 Å². The predicted molar refractivity (Wildman–Crippen MR) is 101 cm³/mol. The van der Waals surface area contributed by atoms with E-state index >= 15 is 0 Å². The highest BCUT2D eigenvalue weighted by Crippen LogP contribution is 2.25. The van der Waals surface area contributed by atoms with Crippen molar-refractivity contribution in [2.45, 2.75) is 43.7 Å². The highest BCUT2D eigenvalue weighted by atomic mass is 32.2. The molecule has 1 aliphatic heterocycles. The number of carbonyl (C=O) groups excluding carboxylic acids is 1. The maximum absolute atomic E-state index is 12.9. The van der Waals surface area contributed by atoms with Crippen LogP contribution in [0.2, 0.25) is 0 Å². The molecule has 0 aromatic heterocycles. The second-order valence-corrected chi connectivity index (χ2v) is 8.68. The third-order valence-corrected chi connectivity index (χ3v) is 6.86. The van der Waals surface area contributed by atoms with Gasteiger partial charge in [-0.3, -0.25) is 4.79 Å². The van der Waals surface area contributed by atoms with E-state index in [4.69, 9.17) is 0 Å². The molecule has 1 heterocycles. The maximum atomic E-state index is 12.9. The van der Waals surface area contributed by atoms with Crippen molar-refractivity contribution in [1.82, 2.24) is 9.62 Å². The number of hydrogen-bond donors (Lipinski definition) is 1. The van der Waals surface area contributed by atoms with Gasteiger partial charge in [0.25, 0.3) is 5.91 Å². The molecule has 144 valence electrons. The molecular formula is C20H23FN2O3S. The average molecular weight is 390 g/mol. The van der Waals surface area contributed by atoms with E-state index < -0.39 is 10.0 Å². The first-order valence-corrected chi connectivity index (χ1v) is 10.5. The topological polar surface area (TPSA) is 66.5 Å². The van der Waals surface area contributed by atoms with Gasteiger partial charge in [-0.2, -0.15) is 4.31 Å². The summed E-state index contributed by atoms with van der Waals surface area (Å²) < 4.78 is 40.1. The van der Waals surface area contributed by atoms with Gasteiger partial charge in [-0.1, -0.05) is 18.6 Å². The Balaban J connectivity index is 1.67. The fourth-order valence-corrected chi connectivity index (χ4v) is 4.93. The van der Waals surface area contributed by atoms with Crippen molar-refractivity contribution in [3.63, 3.8) is 0 Å². The Morgan fingerprint density at radius 1 is 1.11 bits per heavy atom. The van der Waals surface area contributed by atoms with Crippen LogP contribution in [0.5, 0.6) is 0 Å². The van der Waals surface area contributed by atoms with Crippen molar-refractivity contribution >= 4 is 15.9 Å². The fourth-order valence-electron chi connectivity index (χ4n) is 3.23. The van der Waals surface area contributed by atoms with E-state index in [2.05, 4.69) is 5.32 Å². The first-order chi connectivity index (χ1) is 12.9. The Labute approximate surface area is 159 Å². The lowest BCUT2D eigenvalue weighted by molar-refractivity contribution is 0.0951. The molecule has 2 aromatic carbocycles. The molecule has 0 unspecified atom stereocenters. The van der Waals surface area contributed by atoms with Crippen molar-refractivity contribution in [1.29, 1.82) is 0 Å². The van der Waals surface area contributed by atoms with E-state index in [-0.39, 0.29) is 29.2 Å². The summed E-state index contributed by atoms with van der Waals surface area (Å²) in [6.07, 6.45) is 2.77. The summed E-state index contributed by atoms with van der Waals surface area (Å²) in [6, 6.07) is 11.8. The third kappa shape index (κ3) is 4.54. The van der Waals surface area contributed by atoms with Crippen molar-refractivity contribution in [2.75, 3.05) is 6.54 Å². The van der Waals surface area contributed by atoms with Gasteiger partial charge in [0, 0.05) is 24.7 Å². The molecule has 5 nitrogen and oxygen atoms in total. The van der Waals surface area contributed by atoms with Gasteiger partial charge in [0.15, 0.2) is 0 Å². The number of carbonyl (C=O) groups is 1. The molecule has 1 saturated heterocycles. The van der Waals surface area contributed by atoms with E-state index in [0.717, 1.165) is 24.8 Å². The van der Waals surface area contributed by atoms with Gasteiger partial charge in [0.1, 0.15) is 5.82 Å². The minimum Gasteiger partial charge on any atom is -0.348 e. The highest BCUT2D eigenvalue weighted by molar-refractivity contribution is 7.89. The van der Waals surface area contributed by atoms with Crippen LogP contribution in [-0.4, -0.2) is 31.2 Å². The first kappa shape index (κ1) is 19.5. The minimum absolute atomic E-state index is 0.0116. The van der Waals surface area contributed by atoms with Crippen LogP contribution in [0.15, 0.2) is 53.4 Å². The molecule has 1 N–H and O–H groups in total. The SMILES string of the molecule is C[C@@H]1CCCCN1S(=O)(=O)c1ccc(C(=O)NCc2ccc(F)cc2)cc1. The molecule has 0 radical (unpaired) electrons. The van der Waals surface area contributed by atoms with Crippen molar-refractivity contribution in [3.05, 3.63) is 65.5 Å². The van der Waals surface area contributed by atoms with Crippen molar-refractivity contribution in [2.24, 2.45) is 0 Å². The summed E-state index contributed by atoms with van der Waals surface area (Å²) in [6.45, 7) is 2.72. The minimum atomic E-state index is -3.55. The number of sulfonamides is 1. The number of benzene rings is 2. The van der Waals surface area contributed by atoms with E-state index in [0.29, 0.717) is 12.1 Å². The molecule has 2 aromatic rings. The van der Waals surface area contributed by atoms with Crippen LogP contribution in [0.1, 0.15) is 42.1 Å². The standard InChI is InChI=1S/C20H23FN2O3S/c1-15-4-2-3-13-23(15)27(25,26)19-11-7-17(8-12-19)20(24)22-14-16-5-9-18(21)10-6-16/h5-12,15H,2-4,13-14H2,1H3,(H,22,24)/t15-/m1/s1. The summed E-state index contributed by atoms with van der Waals surface area (Å²) in [5.41, 5.74) is 1.16. The van der Waals surface area contributed by atoms with Gasteiger partial charge in [0.05, 0.1) is 4.90 Å². The second-order valence-electron chi connectivity index (χ2n) is 6.79. The summed E-state index contributed by atoms with van der Waals surface area (Å²) in [4.78, 5) is 12.5. The zero-order valence-corrected chi connectivity index (χ0v) is 16.0. The number of nitrogens with zero attached hydrogens (tertiary/aromatic N) is 1. The molecule has 1 aliphatic rings. The van der Waals surface area contributed by atoms with Crippen molar-refractivity contribution < 1.29 is 17.6 Å². The Bertz CT molecular complexity index is 896. The molecule has 0 saturated carbocycles. The summed E-state index contributed by atoms with van der Waals surface area (Å²) in [7, 11) is -3.55. The summed E-state index contributed by atoms with van der Waals surface area (Å²) in [5, 5.41) is 2.74. The van der Waals surface area contributed by atoms with Crippen molar-refractivity contribution in [3.8, 4) is 0 Å². The molecule has 1 atom stereocenters. The lowest BCUT2D eigenvalue weighted by Gasteiger charge is -2.32. The molecule has 7 heteroatoms. The quantitative estimate of drug-likeness (QED) is 0.852. The number of amides is 1. The third-order valence-electron chi connectivity index (χ3n) is 4.83. The van der Waals surface area contributed by atoms with Gasteiger partial charge >= 0.3 is 0 Å². The van der Waals surface area contributed by atoms with Gasteiger partial charge < -0.3 is 5.32 Å². The Morgan fingerprint density at radius 3 is 2.41 bits per heavy atom. The lowest BCUT2D eigenvalue weighted by Crippen LogP contribution is -2.41. The average Bonchev–Trinajstić information content (AvgIpc) is 2.67. The fraction of sp³-hybridized carbons (Fsp3) is 0.350. The van der Waals surface area contributed by atoms with E-state index in [1.807, 2.05) is 6.92 Å². The van der Waals surface area contributed by atoms with Crippen LogP contribution in [0.4, 0.5) is 4.39 Å². The van der Waals surface area contributed by atoms with Crippen LogP contribution in [0.25, 0.3) is 0 Å². The smallest absolute Gasteiger partial charge is 0.251 e. The number of piperidine rings is 1.